The standard InChI is InChI=1S/C25H23FN2O3/c26-20-13-11-18(12-14-20)15-16-27-23(29)17-22(24(30)19-7-3-1-4-8-19)25(31)28-21-9-5-2-6-10-21/h1-14,22H,15-17H2,(H,27,29)(H,28,31)/t22-/m1/s1. The second-order valence-electron chi connectivity index (χ2n) is 7.07. The lowest BCUT2D eigenvalue weighted by Crippen LogP contribution is -2.36. The molecule has 3 rings (SSSR count). The summed E-state index contributed by atoms with van der Waals surface area (Å²) in [5, 5.41) is 5.45. The molecule has 1 atom stereocenters. The molecular formula is C25H23FN2O3. The van der Waals surface area contributed by atoms with E-state index < -0.39 is 23.5 Å². The maximum absolute atomic E-state index is 13.0. The van der Waals surface area contributed by atoms with E-state index in [1.807, 2.05) is 6.07 Å². The van der Waals surface area contributed by atoms with Gasteiger partial charge in [0.05, 0.1) is 0 Å². The summed E-state index contributed by atoms with van der Waals surface area (Å²) in [6.45, 7) is 0.316. The van der Waals surface area contributed by atoms with Gasteiger partial charge in [0, 0.05) is 24.2 Å². The normalized spacial score (nSPS) is 11.4. The van der Waals surface area contributed by atoms with Gasteiger partial charge in [0.25, 0.3) is 0 Å². The Morgan fingerprint density at radius 2 is 1.42 bits per heavy atom. The Morgan fingerprint density at radius 1 is 0.806 bits per heavy atom. The average molecular weight is 418 g/mol. The molecule has 0 aliphatic carbocycles. The fourth-order valence-corrected chi connectivity index (χ4v) is 3.11. The zero-order valence-corrected chi connectivity index (χ0v) is 16.9. The topological polar surface area (TPSA) is 75.3 Å². The number of hydrogen-bond donors (Lipinski definition) is 2. The fourth-order valence-electron chi connectivity index (χ4n) is 3.11. The Balaban J connectivity index is 1.65. The molecule has 3 aromatic rings. The van der Waals surface area contributed by atoms with Crippen LogP contribution in [0, 0.1) is 11.7 Å². The predicted molar refractivity (Wildman–Crippen MR) is 117 cm³/mol. The minimum atomic E-state index is -1.16. The smallest absolute Gasteiger partial charge is 0.235 e. The number of benzene rings is 3. The number of amides is 2. The number of carbonyl (C=O) groups excluding carboxylic acids is 3. The van der Waals surface area contributed by atoms with Crippen molar-refractivity contribution in [2.24, 2.45) is 5.92 Å². The lowest BCUT2D eigenvalue weighted by Gasteiger charge is -2.16. The third-order valence-electron chi connectivity index (χ3n) is 4.77. The molecule has 0 aliphatic rings. The summed E-state index contributed by atoms with van der Waals surface area (Å²) in [4.78, 5) is 38.3. The van der Waals surface area contributed by atoms with Gasteiger partial charge in [-0.25, -0.2) is 4.39 Å². The molecule has 3 aromatic carbocycles. The van der Waals surface area contributed by atoms with Crippen LogP contribution in [0.25, 0.3) is 0 Å². The first kappa shape index (κ1) is 21.9. The zero-order chi connectivity index (χ0) is 22.1. The van der Waals surface area contributed by atoms with E-state index in [2.05, 4.69) is 10.6 Å². The molecule has 0 saturated heterocycles. The minimum Gasteiger partial charge on any atom is -0.356 e. The van der Waals surface area contributed by atoms with Crippen LogP contribution in [0.15, 0.2) is 84.9 Å². The summed E-state index contributed by atoms with van der Waals surface area (Å²) in [6, 6.07) is 23.2. The molecule has 0 bridgehead atoms. The highest BCUT2D eigenvalue weighted by molar-refractivity contribution is 6.15. The molecule has 0 unspecified atom stereocenters. The van der Waals surface area contributed by atoms with Crippen molar-refractivity contribution in [2.75, 3.05) is 11.9 Å². The van der Waals surface area contributed by atoms with Crippen molar-refractivity contribution < 1.29 is 18.8 Å². The summed E-state index contributed by atoms with van der Waals surface area (Å²) in [5.74, 6) is -2.83. The van der Waals surface area contributed by atoms with Gasteiger partial charge in [-0.05, 0) is 36.2 Å². The monoisotopic (exact) mass is 418 g/mol. The molecule has 6 heteroatoms. The van der Waals surface area contributed by atoms with Crippen LogP contribution in [0.5, 0.6) is 0 Å². The quantitative estimate of drug-likeness (QED) is 0.407. The van der Waals surface area contributed by atoms with E-state index in [9.17, 15) is 18.8 Å². The van der Waals surface area contributed by atoms with Gasteiger partial charge in [-0.15, -0.1) is 0 Å². The van der Waals surface area contributed by atoms with Crippen LogP contribution in [-0.4, -0.2) is 24.1 Å². The van der Waals surface area contributed by atoms with Crippen LogP contribution in [0.1, 0.15) is 22.3 Å². The molecule has 2 amide bonds. The summed E-state index contributed by atoms with van der Waals surface area (Å²) in [7, 11) is 0. The lowest BCUT2D eigenvalue weighted by atomic mass is 9.93. The second-order valence-corrected chi connectivity index (χ2v) is 7.07. The highest BCUT2D eigenvalue weighted by Crippen LogP contribution is 2.16. The Kier molecular flexibility index (Phi) is 7.65. The van der Waals surface area contributed by atoms with Crippen LogP contribution in [0.4, 0.5) is 10.1 Å². The number of Topliss-reactive ketones (excluding diaryl/α,β-unsaturated/α-hetero) is 1. The predicted octanol–water partition coefficient (Wildman–Crippen LogP) is 4.01. The summed E-state index contributed by atoms with van der Waals surface area (Å²) in [6.07, 6.45) is 0.245. The highest BCUT2D eigenvalue weighted by Gasteiger charge is 2.30. The van der Waals surface area contributed by atoms with Crippen LogP contribution >= 0.6 is 0 Å². The molecule has 2 N–H and O–H groups in total. The maximum Gasteiger partial charge on any atom is 0.235 e. The van der Waals surface area contributed by atoms with Gasteiger partial charge in [0.15, 0.2) is 5.78 Å². The van der Waals surface area contributed by atoms with Crippen molar-refractivity contribution in [1.29, 1.82) is 0 Å². The van der Waals surface area contributed by atoms with E-state index in [0.29, 0.717) is 24.2 Å². The number of para-hydroxylation sites is 1. The summed E-state index contributed by atoms with van der Waals surface area (Å²) < 4.78 is 13.0. The zero-order valence-electron chi connectivity index (χ0n) is 16.9. The minimum absolute atomic E-state index is 0.268. The number of ketones is 1. The van der Waals surface area contributed by atoms with E-state index in [1.54, 1.807) is 66.7 Å². The fraction of sp³-hybridized carbons (Fsp3) is 0.160. The molecule has 0 aliphatic heterocycles. The van der Waals surface area contributed by atoms with Gasteiger partial charge in [-0.3, -0.25) is 14.4 Å². The first-order valence-corrected chi connectivity index (χ1v) is 9.99. The van der Waals surface area contributed by atoms with Crippen molar-refractivity contribution in [3.8, 4) is 0 Å². The molecule has 0 fully saturated rings. The number of carbonyl (C=O) groups is 3. The first-order valence-electron chi connectivity index (χ1n) is 9.99. The van der Waals surface area contributed by atoms with Crippen molar-refractivity contribution in [3.63, 3.8) is 0 Å². The second kappa shape index (κ2) is 10.8. The molecular weight excluding hydrogens is 395 g/mol. The Morgan fingerprint density at radius 3 is 2.06 bits per heavy atom. The van der Waals surface area contributed by atoms with Crippen LogP contribution < -0.4 is 10.6 Å². The molecule has 5 nitrogen and oxygen atoms in total. The van der Waals surface area contributed by atoms with Crippen molar-refractivity contribution in [2.45, 2.75) is 12.8 Å². The summed E-state index contributed by atoms with van der Waals surface area (Å²) in [5.41, 5.74) is 1.80. The van der Waals surface area contributed by atoms with Gasteiger partial charge >= 0.3 is 0 Å². The van der Waals surface area contributed by atoms with E-state index in [4.69, 9.17) is 0 Å². The molecule has 158 valence electrons. The SMILES string of the molecule is O=C(C[C@@H](C(=O)Nc1ccccc1)C(=O)c1ccccc1)NCCc1ccc(F)cc1. The number of nitrogens with one attached hydrogen (secondary N) is 2. The van der Waals surface area contributed by atoms with Crippen molar-refractivity contribution in [3.05, 3.63) is 102 Å². The van der Waals surface area contributed by atoms with Crippen LogP contribution in [0.2, 0.25) is 0 Å². The lowest BCUT2D eigenvalue weighted by molar-refractivity contribution is -0.126. The molecule has 31 heavy (non-hydrogen) atoms. The number of hydrogen-bond acceptors (Lipinski definition) is 3. The Bertz CT molecular complexity index is 1020. The van der Waals surface area contributed by atoms with Crippen molar-refractivity contribution >= 4 is 23.3 Å². The largest absolute Gasteiger partial charge is 0.356 e. The first-order chi connectivity index (χ1) is 15.0. The number of anilines is 1. The van der Waals surface area contributed by atoms with Gasteiger partial charge in [-0.1, -0.05) is 60.7 Å². The van der Waals surface area contributed by atoms with Gasteiger partial charge in [0.1, 0.15) is 11.7 Å². The van der Waals surface area contributed by atoms with Gasteiger partial charge in [0.2, 0.25) is 11.8 Å². The molecule has 0 aromatic heterocycles. The molecule has 0 spiro atoms. The van der Waals surface area contributed by atoms with Gasteiger partial charge in [-0.2, -0.15) is 0 Å². The molecule has 0 saturated carbocycles. The van der Waals surface area contributed by atoms with E-state index >= 15 is 0 Å². The molecule has 0 heterocycles. The third kappa shape index (κ3) is 6.60. The van der Waals surface area contributed by atoms with Crippen molar-refractivity contribution in [1.82, 2.24) is 5.32 Å². The van der Waals surface area contributed by atoms with Crippen LogP contribution in [0.3, 0.4) is 0 Å². The Hall–Kier alpha value is -3.80. The number of rotatable bonds is 9. The summed E-state index contributed by atoms with van der Waals surface area (Å²) >= 11 is 0. The van der Waals surface area contributed by atoms with Gasteiger partial charge < -0.3 is 10.6 Å². The third-order valence-corrected chi connectivity index (χ3v) is 4.77. The average Bonchev–Trinajstić information content (AvgIpc) is 2.79. The van der Waals surface area contributed by atoms with E-state index in [0.717, 1.165) is 5.56 Å². The number of halogens is 1. The Labute approximate surface area is 180 Å². The maximum atomic E-state index is 13.0. The van der Waals surface area contributed by atoms with E-state index in [1.165, 1.54) is 12.1 Å². The molecule has 0 radical (unpaired) electrons. The van der Waals surface area contributed by atoms with E-state index in [-0.39, 0.29) is 12.2 Å². The van der Waals surface area contributed by atoms with Crippen LogP contribution in [-0.2, 0) is 16.0 Å². The highest BCUT2D eigenvalue weighted by atomic mass is 19.1.